The van der Waals surface area contributed by atoms with E-state index in [0.29, 0.717) is 17.3 Å². The summed E-state index contributed by atoms with van der Waals surface area (Å²) in [4.78, 5) is 1.07. The Morgan fingerprint density at radius 2 is 1.95 bits per heavy atom. The Bertz CT molecular complexity index is 539. The van der Waals surface area contributed by atoms with Gasteiger partial charge in [-0.1, -0.05) is 20.8 Å². The van der Waals surface area contributed by atoms with Crippen LogP contribution in [0, 0.1) is 5.41 Å². The van der Waals surface area contributed by atoms with Crippen LogP contribution in [0.1, 0.15) is 38.5 Å². The van der Waals surface area contributed by atoms with E-state index in [1.165, 1.54) is 11.3 Å². The van der Waals surface area contributed by atoms with Gasteiger partial charge in [0.25, 0.3) is 10.0 Å². The van der Waals surface area contributed by atoms with E-state index in [1.807, 2.05) is 13.0 Å². The first-order valence-corrected chi connectivity index (χ1v) is 9.40. The molecule has 0 atom stereocenters. The summed E-state index contributed by atoms with van der Waals surface area (Å²) in [5, 5.41) is 3.22. The highest BCUT2D eigenvalue weighted by Gasteiger charge is 2.33. The normalized spacial score (nSPS) is 20.1. The third-order valence-electron chi connectivity index (χ3n) is 3.86. The highest BCUT2D eigenvalue weighted by molar-refractivity contribution is 7.91. The maximum atomic E-state index is 12.6. The lowest BCUT2D eigenvalue weighted by Gasteiger charge is -2.35. The maximum absolute atomic E-state index is 12.6. The van der Waals surface area contributed by atoms with Crippen LogP contribution < -0.4 is 5.32 Å². The minimum Gasteiger partial charge on any atom is -0.312 e. The Morgan fingerprint density at radius 3 is 2.55 bits per heavy atom. The molecule has 0 radical (unpaired) electrons. The first kappa shape index (κ1) is 15.9. The molecular formula is C14H24N2O2S2. The van der Waals surface area contributed by atoms with E-state index in [2.05, 4.69) is 19.2 Å². The molecule has 0 aromatic carbocycles. The third kappa shape index (κ3) is 3.61. The number of thiophene rings is 1. The van der Waals surface area contributed by atoms with Gasteiger partial charge in [0.2, 0.25) is 0 Å². The number of piperidine rings is 1. The summed E-state index contributed by atoms with van der Waals surface area (Å²) >= 11 is 1.38. The van der Waals surface area contributed by atoms with Crippen molar-refractivity contribution in [3.63, 3.8) is 0 Å². The summed E-state index contributed by atoms with van der Waals surface area (Å²) in [6.45, 7) is 9.35. The minimum absolute atomic E-state index is 0.262. The van der Waals surface area contributed by atoms with Crippen LogP contribution in [0.5, 0.6) is 0 Å². The van der Waals surface area contributed by atoms with Crippen LogP contribution in [-0.4, -0.2) is 32.4 Å². The van der Waals surface area contributed by atoms with Gasteiger partial charge in [-0.15, -0.1) is 11.3 Å². The van der Waals surface area contributed by atoms with Crippen molar-refractivity contribution in [3.05, 3.63) is 17.0 Å². The maximum Gasteiger partial charge on any atom is 0.252 e. The molecule has 1 fully saturated rings. The van der Waals surface area contributed by atoms with Crippen molar-refractivity contribution in [3.8, 4) is 0 Å². The second-order valence-electron chi connectivity index (χ2n) is 6.07. The van der Waals surface area contributed by atoms with Gasteiger partial charge in [0.1, 0.15) is 4.21 Å². The zero-order valence-electron chi connectivity index (χ0n) is 12.5. The lowest BCUT2D eigenvalue weighted by Crippen LogP contribution is -2.40. The first-order valence-electron chi connectivity index (χ1n) is 7.15. The van der Waals surface area contributed by atoms with E-state index in [1.54, 1.807) is 10.4 Å². The van der Waals surface area contributed by atoms with E-state index in [0.717, 1.165) is 30.8 Å². The lowest BCUT2D eigenvalue weighted by atomic mass is 9.83. The van der Waals surface area contributed by atoms with E-state index < -0.39 is 10.0 Å². The highest BCUT2D eigenvalue weighted by atomic mass is 32.2. The average Bonchev–Trinajstić information content (AvgIpc) is 2.85. The van der Waals surface area contributed by atoms with Gasteiger partial charge in [0, 0.05) is 24.5 Å². The van der Waals surface area contributed by atoms with Gasteiger partial charge in [-0.2, -0.15) is 4.31 Å². The first-order chi connectivity index (χ1) is 9.35. The molecule has 2 heterocycles. The second-order valence-corrected chi connectivity index (χ2v) is 9.40. The van der Waals surface area contributed by atoms with E-state index in [4.69, 9.17) is 0 Å². The number of hydrogen-bond acceptors (Lipinski definition) is 4. The van der Waals surface area contributed by atoms with Gasteiger partial charge >= 0.3 is 0 Å². The Balaban J connectivity index is 2.08. The minimum atomic E-state index is -3.29. The smallest absolute Gasteiger partial charge is 0.252 e. The molecule has 1 N–H and O–H groups in total. The van der Waals surface area contributed by atoms with Crippen LogP contribution in [0.3, 0.4) is 0 Å². The summed E-state index contributed by atoms with van der Waals surface area (Å²) in [7, 11) is -3.29. The summed E-state index contributed by atoms with van der Waals surface area (Å²) in [5.41, 5.74) is 0.262. The van der Waals surface area contributed by atoms with Gasteiger partial charge in [-0.05, 0) is 36.9 Å². The molecule has 2 rings (SSSR count). The van der Waals surface area contributed by atoms with Gasteiger partial charge < -0.3 is 5.32 Å². The van der Waals surface area contributed by atoms with Crippen molar-refractivity contribution < 1.29 is 8.42 Å². The molecule has 1 aromatic heterocycles. The molecule has 1 aliphatic heterocycles. The number of hydrogen-bond donors (Lipinski definition) is 1. The van der Waals surface area contributed by atoms with Gasteiger partial charge in [-0.3, -0.25) is 0 Å². The Labute approximate surface area is 126 Å². The molecule has 114 valence electrons. The van der Waals surface area contributed by atoms with Crippen LogP contribution >= 0.6 is 11.3 Å². The topological polar surface area (TPSA) is 49.4 Å². The number of nitrogens with one attached hydrogen (secondary N) is 1. The summed E-state index contributed by atoms with van der Waals surface area (Å²) in [5.74, 6) is 0. The molecule has 0 unspecified atom stereocenters. The number of sulfonamides is 1. The predicted octanol–water partition coefficient (Wildman–Crippen LogP) is 2.67. The summed E-state index contributed by atoms with van der Waals surface area (Å²) < 4.78 is 27.3. The van der Waals surface area contributed by atoms with Crippen molar-refractivity contribution >= 4 is 21.4 Å². The van der Waals surface area contributed by atoms with Gasteiger partial charge in [0.15, 0.2) is 0 Å². The van der Waals surface area contributed by atoms with Crippen LogP contribution in [-0.2, 0) is 16.6 Å². The molecule has 0 aliphatic carbocycles. The molecular weight excluding hydrogens is 292 g/mol. The zero-order chi connectivity index (χ0) is 14.8. The number of nitrogens with zero attached hydrogens (tertiary/aromatic N) is 1. The van der Waals surface area contributed by atoms with Crippen molar-refractivity contribution in [2.24, 2.45) is 5.41 Å². The molecule has 1 aliphatic rings. The van der Waals surface area contributed by atoms with E-state index in [9.17, 15) is 8.42 Å². The summed E-state index contributed by atoms with van der Waals surface area (Å²) in [6.07, 6.45) is 1.86. The monoisotopic (exact) mass is 316 g/mol. The number of rotatable bonds is 5. The fourth-order valence-electron chi connectivity index (χ4n) is 2.30. The average molecular weight is 316 g/mol. The van der Waals surface area contributed by atoms with Crippen LogP contribution in [0.25, 0.3) is 0 Å². The lowest BCUT2D eigenvalue weighted by molar-refractivity contribution is 0.196. The Hall–Kier alpha value is -0.430. The molecule has 1 aromatic rings. The second kappa shape index (κ2) is 6.13. The van der Waals surface area contributed by atoms with Crippen LogP contribution in [0.2, 0.25) is 0 Å². The Kier molecular flexibility index (Phi) is 4.89. The predicted molar refractivity (Wildman–Crippen MR) is 83.5 cm³/mol. The standard InChI is InChI=1S/C14H24N2O2S2/c1-4-15-11-12-5-6-13(19-12)20(17,18)16-9-7-14(2,3)8-10-16/h5-6,15H,4,7-11H2,1-3H3. The fraction of sp³-hybridized carbons (Fsp3) is 0.714. The van der Waals surface area contributed by atoms with E-state index in [-0.39, 0.29) is 5.41 Å². The molecule has 0 saturated carbocycles. The van der Waals surface area contributed by atoms with Crippen molar-refractivity contribution in [1.29, 1.82) is 0 Å². The molecule has 1 saturated heterocycles. The van der Waals surface area contributed by atoms with Crippen LogP contribution in [0.4, 0.5) is 0 Å². The van der Waals surface area contributed by atoms with Crippen molar-refractivity contribution in [1.82, 2.24) is 9.62 Å². The van der Waals surface area contributed by atoms with Crippen molar-refractivity contribution in [2.75, 3.05) is 19.6 Å². The van der Waals surface area contributed by atoms with E-state index >= 15 is 0 Å². The quantitative estimate of drug-likeness (QED) is 0.908. The largest absolute Gasteiger partial charge is 0.312 e. The molecule has 0 bridgehead atoms. The molecule has 20 heavy (non-hydrogen) atoms. The molecule has 0 spiro atoms. The zero-order valence-corrected chi connectivity index (χ0v) is 14.1. The molecule has 6 heteroatoms. The van der Waals surface area contributed by atoms with Crippen LogP contribution in [0.15, 0.2) is 16.3 Å². The van der Waals surface area contributed by atoms with Crippen molar-refractivity contribution in [2.45, 2.75) is 44.4 Å². The molecule has 0 amide bonds. The van der Waals surface area contributed by atoms with Gasteiger partial charge in [-0.25, -0.2) is 8.42 Å². The summed E-state index contributed by atoms with van der Waals surface area (Å²) in [6, 6.07) is 3.65. The SMILES string of the molecule is CCNCc1ccc(S(=O)(=O)N2CCC(C)(C)CC2)s1. The fourth-order valence-corrected chi connectivity index (χ4v) is 5.22. The third-order valence-corrected chi connectivity index (χ3v) is 7.31. The van der Waals surface area contributed by atoms with Gasteiger partial charge in [0.05, 0.1) is 0 Å². The highest BCUT2D eigenvalue weighted by Crippen LogP contribution is 2.33. The molecule has 4 nitrogen and oxygen atoms in total. The Morgan fingerprint density at radius 1 is 1.30 bits per heavy atom.